The molecule has 8 nitrogen and oxygen atoms in total. The highest BCUT2D eigenvalue weighted by molar-refractivity contribution is 5.96. The molecule has 5 heterocycles. The maximum absolute atomic E-state index is 12.0. The van der Waals surface area contributed by atoms with Crippen LogP contribution >= 0.6 is 0 Å². The Bertz CT molecular complexity index is 2060. The van der Waals surface area contributed by atoms with Crippen molar-refractivity contribution in [3.8, 4) is 0 Å². The van der Waals surface area contributed by atoms with Gasteiger partial charge in [-0.1, -0.05) is 101 Å². The summed E-state index contributed by atoms with van der Waals surface area (Å²) in [6.07, 6.45) is 0.986. The van der Waals surface area contributed by atoms with E-state index >= 15 is 0 Å². The Balaban J connectivity index is 0.000000139. The average Bonchev–Trinajstić information content (AvgIpc) is 3.78. The van der Waals surface area contributed by atoms with Gasteiger partial charge in [0, 0.05) is 84.5 Å². The maximum Gasteiger partial charge on any atom is 0.254 e. The predicted molar refractivity (Wildman–Crippen MR) is 222 cm³/mol. The molecule has 0 bridgehead atoms. The molecule has 3 aliphatic heterocycles. The minimum Gasteiger partial charge on any atom is -0.384 e. The normalized spacial score (nSPS) is 16.6. The molecule has 0 saturated carbocycles. The van der Waals surface area contributed by atoms with E-state index in [1.165, 1.54) is 16.8 Å². The second-order valence-corrected chi connectivity index (χ2v) is 17.2. The number of para-hydroxylation sites is 2. The highest BCUT2D eigenvalue weighted by Crippen LogP contribution is 2.42. The molecule has 1 amide bonds. The molecule has 288 valence electrons. The number of nitrogens with one attached hydrogen (secondary N) is 1. The summed E-state index contributed by atoms with van der Waals surface area (Å²) in [5.74, 6) is 0.838. The van der Waals surface area contributed by atoms with Crippen molar-refractivity contribution in [1.82, 2.24) is 19.5 Å². The second-order valence-electron chi connectivity index (χ2n) is 17.2. The van der Waals surface area contributed by atoms with Gasteiger partial charge in [-0.15, -0.1) is 0 Å². The first kappa shape index (κ1) is 40.5. The third-order valence-corrected chi connectivity index (χ3v) is 10.6. The van der Waals surface area contributed by atoms with Crippen LogP contribution < -0.4 is 10.9 Å². The fourth-order valence-electron chi connectivity index (χ4n) is 7.33. The summed E-state index contributed by atoms with van der Waals surface area (Å²) in [5, 5.41) is 8.67. The first-order valence-electron chi connectivity index (χ1n) is 19.6. The Morgan fingerprint density at radius 2 is 1.44 bits per heavy atom. The van der Waals surface area contributed by atoms with E-state index in [2.05, 4.69) is 109 Å². The van der Waals surface area contributed by atoms with E-state index in [0.29, 0.717) is 23.4 Å². The van der Waals surface area contributed by atoms with Gasteiger partial charge in [0.1, 0.15) is 0 Å². The van der Waals surface area contributed by atoms with E-state index in [-0.39, 0.29) is 16.9 Å². The summed E-state index contributed by atoms with van der Waals surface area (Å²) >= 11 is 0. The molecule has 1 N–H and O–H groups in total. The lowest BCUT2D eigenvalue weighted by molar-refractivity contribution is 0.0688. The fraction of sp³-hybridized carbons (Fsp3) is 0.457. The Kier molecular flexibility index (Phi) is 12.9. The summed E-state index contributed by atoms with van der Waals surface area (Å²) in [6, 6.07) is 30.9. The highest BCUT2D eigenvalue weighted by atomic mass is 16.5. The van der Waals surface area contributed by atoms with E-state index in [1.807, 2.05) is 70.1 Å². The molecule has 8 rings (SSSR count). The third kappa shape index (κ3) is 9.69. The Hall–Kier alpha value is -4.69. The van der Waals surface area contributed by atoms with Gasteiger partial charge < -0.3 is 19.3 Å². The summed E-state index contributed by atoms with van der Waals surface area (Å²) in [7, 11) is 0. The predicted octanol–water partition coefficient (Wildman–Crippen LogP) is 9.53. The van der Waals surface area contributed by atoms with Crippen molar-refractivity contribution in [3.63, 3.8) is 0 Å². The van der Waals surface area contributed by atoms with Gasteiger partial charge in [-0.2, -0.15) is 0 Å². The summed E-state index contributed by atoms with van der Waals surface area (Å²) < 4.78 is 7.10. The van der Waals surface area contributed by atoms with Gasteiger partial charge in [-0.25, -0.2) is 0 Å². The van der Waals surface area contributed by atoms with Crippen LogP contribution in [0.25, 0.3) is 11.0 Å². The molecular formula is C46H61N5O3. The molecule has 1 atom stereocenters. The first-order chi connectivity index (χ1) is 25.6. The lowest BCUT2D eigenvalue weighted by Crippen LogP contribution is -2.41. The number of hydrogen-bond acceptors (Lipinski definition) is 6. The molecule has 0 radical (unpaired) electrons. The number of fused-ring (bicyclic) bond motifs is 4. The molecule has 8 heteroatoms. The summed E-state index contributed by atoms with van der Waals surface area (Å²) in [5.41, 5.74) is 8.45. The molecular weight excluding hydrogens is 671 g/mol. The number of aromatic nitrogens is 2. The standard InChI is InChI=1S/C12H15NO.C12H17N.C11H16N2O.C11H13NO/c1-9(2)13-8-7-10-5-3-4-6-11(10)12(13)14;1-12(2,3)10-8-13-11-7-5-4-6-9(10)11;1-9(2)12-6-7-13-10(8-12)4-3-5-11(13)14;1-11(2,3)10-8-6-4-5-7-9(8)13-12-10/h3-6,9H,7-8H2,1-2H3;4-7,10,13H,8H2,1-3H3;3-5,9H,6-8H2,1-2H3;4-7H,1-3H3. The zero-order chi connectivity index (χ0) is 39.2. The van der Waals surface area contributed by atoms with Crippen LogP contribution in [0.1, 0.15) is 108 Å². The SMILES string of the molecule is CC(C)(C)C1CNc2ccccc21.CC(C)(C)c1noc2ccccc12.CC(C)N1CCc2ccccc2C1=O.CC(C)N1CCn2c(cccc2=O)C1. The monoisotopic (exact) mass is 731 g/mol. The van der Waals surface area contributed by atoms with Crippen LogP contribution in [0.5, 0.6) is 0 Å². The van der Waals surface area contributed by atoms with Crippen molar-refractivity contribution >= 4 is 22.6 Å². The number of carbonyl (C=O) groups excluding carboxylic acids is 1. The molecule has 1 unspecified atom stereocenters. The lowest BCUT2D eigenvalue weighted by atomic mass is 9.78. The number of pyridine rings is 1. The number of amides is 1. The summed E-state index contributed by atoms with van der Waals surface area (Å²) in [4.78, 5) is 27.8. The van der Waals surface area contributed by atoms with Crippen LogP contribution in [-0.4, -0.2) is 57.1 Å². The van der Waals surface area contributed by atoms with E-state index < -0.39 is 0 Å². The molecule has 0 saturated heterocycles. The van der Waals surface area contributed by atoms with E-state index in [1.54, 1.807) is 6.07 Å². The van der Waals surface area contributed by atoms with E-state index in [0.717, 1.165) is 67.1 Å². The summed E-state index contributed by atoms with van der Waals surface area (Å²) in [6.45, 7) is 26.5. The van der Waals surface area contributed by atoms with Crippen LogP contribution in [0.3, 0.4) is 0 Å². The highest BCUT2D eigenvalue weighted by Gasteiger charge is 2.31. The number of nitrogens with zero attached hydrogens (tertiary/aromatic N) is 4. The molecule has 0 fully saturated rings. The molecule has 0 spiro atoms. The van der Waals surface area contributed by atoms with Gasteiger partial charge in [-0.05, 0) is 81.0 Å². The number of carbonyl (C=O) groups is 1. The van der Waals surface area contributed by atoms with E-state index in [9.17, 15) is 9.59 Å². The van der Waals surface area contributed by atoms with Crippen molar-refractivity contribution in [1.29, 1.82) is 0 Å². The number of benzene rings is 3. The van der Waals surface area contributed by atoms with Gasteiger partial charge in [-0.3, -0.25) is 14.5 Å². The minimum atomic E-state index is 0.0482. The van der Waals surface area contributed by atoms with Crippen LogP contribution in [0, 0.1) is 5.41 Å². The largest absolute Gasteiger partial charge is 0.384 e. The van der Waals surface area contributed by atoms with Crippen molar-refractivity contribution < 1.29 is 9.32 Å². The van der Waals surface area contributed by atoms with Gasteiger partial charge >= 0.3 is 0 Å². The van der Waals surface area contributed by atoms with Crippen LogP contribution in [0.4, 0.5) is 5.69 Å². The van der Waals surface area contributed by atoms with Crippen LogP contribution in [0.2, 0.25) is 0 Å². The third-order valence-electron chi connectivity index (χ3n) is 10.6. The quantitative estimate of drug-likeness (QED) is 0.195. The zero-order valence-corrected chi connectivity index (χ0v) is 34.1. The van der Waals surface area contributed by atoms with Gasteiger partial charge in [0.25, 0.3) is 11.5 Å². The molecule has 3 aromatic carbocycles. The average molecular weight is 732 g/mol. The van der Waals surface area contributed by atoms with Crippen LogP contribution in [-0.2, 0) is 24.9 Å². The fourth-order valence-corrected chi connectivity index (χ4v) is 7.33. The second kappa shape index (κ2) is 17.2. The first-order valence-corrected chi connectivity index (χ1v) is 19.6. The Morgan fingerprint density at radius 1 is 0.759 bits per heavy atom. The van der Waals surface area contributed by atoms with Crippen molar-refractivity contribution in [2.24, 2.45) is 5.41 Å². The lowest BCUT2D eigenvalue weighted by Gasteiger charge is -2.32. The van der Waals surface area contributed by atoms with Crippen LogP contribution in [0.15, 0.2) is 100 Å². The molecule has 0 aliphatic carbocycles. The Morgan fingerprint density at radius 3 is 2.15 bits per heavy atom. The van der Waals surface area contributed by atoms with Gasteiger partial charge in [0.05, 0.1) is 5.69 Å². The number of hydrogen-bond donors (Lipinski definition) is 1. The molecule has 54 heavy (non-hydrogen) atoms. The minimum absolute atomic E-state index is 0.0482. The van der Waals surface area contributed by atoms with Crippen molar-refractivity contribution in [3.05, 3.63) is 129 Å². The molecule has 3 aliphatic rings. The molecule has 2 aromatic heterocycles. The molecule has 5 aromatic rings. The van der Waals surface area contributed by atoms with Crippen molar-refractivity contribution in [2.45, 2.75) is 112 Å². The topological polar surface area (TPSA) is 83.6 Å². The maximum atomic E-state index is 12.0. The van der Waals surface area contributed by atoms with Gasteiger partial charge in [0.2, 0.25) is 0 Å². The Labute approximate surface area is 322 Å². The smallest absolute Gasteiger partial charge is 0.254 e. The van der Waals surface area contributed by atoms with Gasteiger partial charge in [0.15, 0.2) is 5.58 Å². The van der Waals surface area contributed by atoms with E-state index in [4.69, 9.17) is 4.52 Å². The van der Waals surface area contributed by atoms with Crippen molar-refractivity contribution in [2.75, 3.05) is 25.0 Å². The zero-order valence-electron chi connectivity index (χ0n) is 34.1. The number of anilines is 1. The number of rotatable bonds is 2.